The van der Waals surface area contributed by atoms with Gasteiger partial charge in [0.2, 0.25) is 17.8 Å². The molecule has 2 aromatic heterocycles. The molecule has 0 aliphatic heterocycles. The Balaban J connectivity index is 1.67. The number of nitrogens with one attached hydrogen (secondary N) is 1. The summed E-state index contributed by atoms with van der Waals surface area (Å²) in [5.41, 5.74) is 6.67. The van der Waals surface area contributed by atoms with Crippen LogP contribution in [0, 0.1) is 6.92 Å². The van der Waals surface area contributed by atoms with Gasteiger partial charge in [0, 0.05) is 5.69 Å². The van der Waals surface area contributed by atoms with E-state index in [0.29, 0.717) is 29.2 Å². The van der Waals surface area contributed by atoms with E-state index < -0.39 is 0 Å². The van der Waals surface area contributed by atoms with Gasteiger partial charge in [-0.05, 0) is 26.0 Å². The Bertz CT molecular complexity index is 809. The lowest BCUT2D eigenvalue weighted by atomic mass is 10.3. The second-order valence-corrected chi connectivity index (χ2v) is 6.39. The van der Waals surface area contributed by atoms with Crippen molar-refractivity contribution in [2.75, 3.05) is 11.1 Å². The number of hydrogen-bond donors (Lipinski definition) is 2. The van der Waals surface area contributed by atoms with Crippen LogP contribution in [0.25, 0.3) is 0 Å². The SMILES string of the molecule is Cc1noc([C@@H](C)SCc2nc(N)nc(Nc3ccccc3)n2)n1. The van der Waals surface area contributed by atoms with Crippen LogP contribution < -0.4 is 11.1 Å². The molecule has 0 radical (unpaired) electrons. The largest absolute Gasteiger partial charge is 0.368 e. The molecule has 1 atom stereocenters. The average Bonchev–Trinajstić information content (AvgIpc) is 3.00. The summed E-state index contributed by atoms with van der Waals surface area (Å²) in [5.74, 6) is 2.96. The molecule has 3 N–H and O–H groups in total. The molecule has 3 rings (SSSR count). The molecule has 24 heavy (non-hydrogen) atoms. The fraction of sp³-hybridized carbons (Fsp3) is 0.267. The molecular weight excluding hydrogens is 326 g/mol. The highest BCUT2D eigenvalue weighted by Gasteiger charge is 2.15. The first-order valence-electron chi connectivity index (χ1n) is 7.34. The molecule has 0 unspecified atom stereocenters. The lowest BCUT2D eigenvalue weighted by Crippen LogP contribution is -2.06. The molecule has 0 fully saturated rings. The van der Waals surface area contributed by atoms with Crippen molar-refractivity contribution < 1.29 is 4.52 Å². The lowest BCUT2D eigenvalue weighted by Gasteiger charge is -2.08. The summed E-state index contributed by atoms with van der Waals surface area (Å²) in [6.07, 6.45) is 0. The minimum absolute atomic E-state index is 0.0368. The number of anilines is 3. The van der Waals surface area contributed by atoms with E-state index in [2.05, 4.69) is 30.4 Å². The molecule has 8 nitrogen and oxygen atoms in total. The molecule has 3 aromatic rings. The van der Waals surface area contributed by atoms with Crippen molar-refractivity contribution in [3.8, 4) is 0 Å². The summed E-state index contributed by atoms with van der Waals surface area (Å²) in [7, 11) is 0. The zero-order valence-electron chi connectivity index (χ0n) is 13.3. The monoisotopic (exact) mass is 343 g/mol. The summed E-state index contributed by atoms with van der Waals surface area (Å²) in [4.78, 5) is 16.9. The van der Waals surface area contributed by atoms with Crippen molar-refractivity contribution in [2.45, 2.75) is 24.9 Å². The third-order valence-corrected chi connectivity index (χ3v) is 4.21. The van der Waals surface area contributed by atoms with E-state index in [1.165, 1.54) is 0 Å². The molecule has 2 heterocycles. The van der Waals surface area contributed by atoms with Crippen molar-refractivity contribution in [3.63, 3.8) is 0 Å². The molecule has 0 saturated carbocycles. The van der Waals surface area contributed by atoms with Crippen LogP contribution in [0.15, 0.2) is 34.9 Å². The highest BCUT2D eigenvalue weighted by atomic mass is 32.2. The van der Waals surface area contributed by atoms with Crippen LogP contribution in [0.1, 0.15) is 29.7 Å². The van der Waals surface area contributed by atoms with Crippen molar-refractivity contribution >= 4 is 29.3 Å². The number of para-hydroxylation sites is 1. The summed E-state index contributed by atoms with van der Waals surface area (Å²) in [6, 6.07) is 9.65. The smallest absolute Gasteiger partial charge is 0.239 e. The summed E-state index contributed by atoms with van der Waals surface area (Å²) >= 11 is 1.59. The van der Waals surface area contributed by atoms with Gasteiger partial charge in [0.05, 0.1) is 11.0 Å². The number of aromatic nitrogens is 5. The topological polar surface area (TPSA) is 116 Å². The van der Waals surface area contributed by atoms with Crippen molar-refractivity contribution in [1.82, 2.24) is 25.1 Å². The predicted octanol–water partition coefficient (Wildman–Crippen LogP) is 2.88. The number of aryl methyl sites for hydroxylation is 1. The first-order chi connectivity index (χ1) is 11.6. The molecule has 0 amide bonds. The van der Waals surface area contributed by atoms with Gasteiger partial charge in [0.1, 0.15) is 5.82 Å². The second-order valence-electron chi connectivity index (χ2n) is 5.06. The number of nitrogens with zero attached hydrogens (tertiary/aromatic N) is 5. The highest BCUT2D eigenvalue weighted by molar-refractivity contribution is 7.98. The first-order valence-corrected chi connectivity index (χ1v) is 8.39. The quantitative estimate of drug-likeness (QED) is 0.696. The maximum absolute atomic E-state index is 5.78. The summed E-state index contributed by atoms with van der Waals surface area (Å²) in [6.45, 7) is 3.78. The number of rotatable bonds is 6. The second kappa shape index (κ2) is 7.26. The van der Waals surface area contributed by atoms with E-state index in [4.69, 9.17) is 10.3 Å². The number of hydrogen-bond acceptors (Lipinski definition) is 9. The van der Waals surface area contributed by atoms with E-state index in [9.17, 15) is 0 Å². The van der Waals surface area contributed by atoms with Gasteiger partial charge in [-0.15, -0.1) is 11.8 Å². The minimum atomic E-state index is 0.0368. The Morgan fingerprint density at radius 1 is 1.17 bits per heavy atom. The number of thioether (sulfide) groups is 1. The van der Waals surface area contributed by atoms with Crippen molar-refractivity contribution in [2.24, 2.45) is 0 Å². The Labute approximate surface area is 143 Å². The summed E-state index contributed by atoms with van der Waals surface area (Å²) < 4.78 is 5.17. The molecular formula is C15H17N7OS. The van der Waals surface area contributed by atoms with Crippen LogP contribution in [-0.2, 0) is 5.75 Å². The molecule has 0 bridgehead atoms. The Kier molecular flexibility index (Phi) is 4.90. The van der Waals surface area contributed by atoms with Crippen LogP contribution >= 0.6 is 11.8 Å². The van der Waals surface area contributed by atoms with E-state index >= 15 is 0 Å². The number of benzene rings is 1. The average molecular weight is 343 g/mol. The van der Waals surface area contributed by atoms with Crippen LogP contribution in [0.2, 0.25) is 0 Å². The van der Waals surface area contributed by atoms with Gasteiger partial charge in [-0.3, -0.25) is 0 Å². The number of nitrogen functional groups attached to an aromatic ring is 1. The maximum Gasteiger partial charge on any atom is 0.239 e. The third kappa shape index (κ3) is 4.19. The summed E-state index contributed by atoms with van der Waals surface area (Å²) in [5, 5.41) is 6.95. The lowest BCUT2D eigenvalue weighted by molar-refractivity contribution is 0.376. The normalized spacial score (nSPS) is 12.1. The van der Waals surface area contributed by atoms with Gasteiger partial charge in [0.25, 0.3) is 0 Å². The first kappa shape index (κ1) is 16.2. The van der Waals surface area contributed by atoms with Crippen LogP contribution in [0.4, 0.5) is 17.6 Å². The van der Waals surface area contributed by atoms with Gasteiger partial charge in [-0.2, -0.15) is 19.9 Å². The highest BCUT2D eigenvalue weighted by Crippen LogP contribution is 2.29. The van der Waals surface area contributed by atoms with E-state index in [1.54, 1.807) is 18.7 Å². The van der Waals surface area contributed by atoms with Gasteiger partial charge in [-0.25, -0.2) is 0 Å². The van der Waals surface area contributed by atoms with Crippen molar-refractivity contribution in [1.29, 1.82) is 0 Å². The molecule has 0 aliphatic rings. The standard InChI is InChI=1S/C15H17N7OS/c1-9(13-17-10(2)22-23-13)24-8-12-19-14(16)21-15(20-12)18-11-6-4-3-5-7-11/h3-7,9H,8H2,1-2H3,(H3,16,18,19,20,21)/t9-/m1/s1. The third-order valence-electron chi connectivity index (χ3n) is 3.08. The van der Waals surface area contributed by atoms with E-state index in [1.807, 2.05) is 37.3 Å². The Morgan fingerprint density at radius 3 is 2.67 bits per heavy atom. The molecule has 0 aliphatic carbocycles. The zero-order chi connectivity index (χ0) is 16.9. The molecule has 0 spiro atoms. The van der Waals surface area contributed by atoms with E-state index in [0.717, 1.165) is 5.69 Å². The van der Waals surface area contributed by atoms with Crippen LogP contribution in [0.5, 0.6) is 0 Å². The molecule has 1 aromatic carbocycles. The molecule has 9 heteroatoms. The number of nitrogens with two attached hydrogens (primary N) is 1. The minimum Gasteiger partial charge on any atom is -0.368 e. The van der Waals surface area contributed by atoms with Gasteiger partial charge < -0.3 is 15.6 Å². The fourth-order valence-electron chi connectivity index (χ4n) is 1.96. The van der Waals surface area contributed by atoms with Crippen LogP contribution in [0.3, 0.4) is 0 Å². The van der Waals surface area contributed by atoms with E-state index in [-0.39, 0.29) is 11.2 Å². The fourth-order valence-corrected chi connectivity index (χ4v) is 2.72. The zero-order valence-corrected chi connectivity index (χ0v) is 14.1. The van der Waals surface area contributed by atoms with Crippen LogP contribution in [-0.4, -0.2) is 25.1 Å². The van der Waals surface area contributed by atoms with Gasteiger partial charge in [-0.1, -0.05) is 23.4 Å². The molecule has 0 saturated heterocycles. The Morgan fingerprint density at radius 2 is 1.96 bits per heavy atom. The maximum atomic E-state index is 5.78. The van der Waals surface area contributed by atoms with Gasteiger partial charge in [0.15, 0.2) is 5.82 Å². The van der Waals surface area contributed by atoms with Crippen molar-refractivity contribution in [3.05, 3.63) is 47.9 Å². The predicted molar refractivity (Wildman–Crippen MR) is 92.7 cm³/mol. The molecule has 124 valence electrons. The van der Waals surface area contributed by atoms with Gasteiger partial charge >= 0.3 is 0 Å². The Hall–Kier alpha value is -2.68.